The molecule has 1 aliphatic rings. The third-order valence-corrected chi connectivity index (χ3v) is 7.08. The topological polar surface area (TPSA) is 82.1 Å². The van der Waals surface area contributed by atoms with Gasteiger partial charge in [-0.1, -0.05) is 38.3 Å². The van der Waals surface area contributed by atoms with Gasteiger partial charge in [0.25, 0.3) is 5.91 Å². The highest BCUT2D eigenvalue weighted by atomic mass is 16.5. The van der Waals surface area contributed by atoms with Crippen molar-refractivity contribution >= 4 is 16.9 Å². The van der Waals surface area contributed by atoms with Crippen LogP contribution in [0.1, 0.15) is 77.2 Å². The third kappa shape index (κ3) is 4.69. The van der Waals surface area contributed by atoms with Crippen LogP contribution in [0, 0.1) is 13.8 Å². The molecule has 0 aliphatic carbocycles. The number of furan rings is 1. The highest BCUT2D eigenvalue weighted by Gasteiger charge is 2.43. The van der Waals surface area contributed by atoms with E-state index in [1.807, 2.05) is 44.2 Å². The maximum Gasteiger partial charge on any atom is 0.291 e. The number of fused-ring (bicyclic) bond motifs is 2. The normalized spacial score (nSPS) is 14.8. The largest absolute Gasteiger partial charge is 0.493 e. The molecule has 0 radical (unpaired) electrons. The number of hydrogen-bond donors (Lipinski definition) is 0. The Morgan fingerprint density at radius 1 is 1.00 bits per heavy atom. The number of carbonyl (C=O) groups is 1. The van der Waals surface area contributed by atoms with Crippen molar-refractivity contribution in [3.63, 3.8) is 0 Å². The highest BCUT2D eigenvalue weighted by Crippen LogP contribution is 2.42. The number of aryl methyl sites for hydroxylation is 2. The van der Waals surface area contributed by atoms with Crippen molar-refractivity contribution in [1.82, 2.24) is 4.90 Å². The minimum Gasteiger partial charge on any atom is -0.493 e. The van der Waals surface area contributed by atoms with Gasteiger partial charge in [-0.2, -0.15) is 0 Å². The van der Waals surface area contributed by atoms with Gasteiger partial charge in [-0.3, -0.25) is 9.59 Å². The maximum atomic E-state index is 14.0. The van der Waals surface area contributed by atoms with E-state index in [0.717, 1.165) is 36.0 Å². The van der Waals surface area contributed by atoms with Gasteiger partial charge in [0.2, 0.25) is 5.76 Å². The van der Waals surface area contributed by atoms with Gasteiger partial charge in [-0.25, -0.2) is 0 Å². The highest BCUT2D eigenvalue weighted by molar-refractivity contribution is 5.99. The van der Waals surface area contributed by atoms with E-state index >= 15 is 0 Å². The summed E-state index contributed by atoms with van der Waals surface area (Å²) in [6.07, 6.45) is 5.99. The molecule has 0 saturated carbocycles. The molecular weight excluding hydrogens is 482 g/mol. The molecule has 0 bridgehead atoms. The second-order valence-electron chi connectivity index (χ2n) is 9.86. The number of rotatable bonds is 10. The van der Waals surface area contributed by atoms with Gasteiger partial charge < -0.3 is 23.2 Å². The zero-order valence-electron chi connectivity index (χ0n) is 22.3. The summed E-state index contributed by atoms with van der Waals surface area (Å²) in [4.78, 5) is 29.3. The molecule has 0 N–H and O–H groups in total. The van der Waals surface area contributed by atoms with Crippen LogP contribution in [0.3, 0.4) is 0 Å². The Kier molecular flexibility index (Phi) is 7.27. The number of unbranched alkanes of at least 4 members (excludes halogenated alkanes) is 3. The van der Waals surface area contributed by atoms with Crippen molar-refractivity contribution in [2.75, 3.05) is 13.7 Å². The summed E-state index contributed by atoms with van der Waals surface area (Å²) in [6, 6.07) is 12.2. The van der Waals surface area contributed by atoms with Crippen LogP contribution in [0.5, 0.6) is 11.5 Å². The number of methoxy groups -OCH3 is 1. The van der Waals surface area contributed by atoms with Crippen molar-refractivity contribution in [2.24, 2.45) is 0 Å². The third-order valence-electron chi connectivity index (χ3n) is 7.08. The van der Waals surface area contributed by atoms with Gasteiger partial charge in [0.1, 0.15) is 11.3 Å². The molecule has 1 amide bonds. The van der Waals surface area contributed by atoms with Gasteiger partial charge >= 0.3 is 0 Å². The summed E-state index contributed by atoms with van der Waals surface area (Å²) in [5, 5.41) is 0.492. The molecule has 7 heteroatoms. The maximum absolute atomic E-state index is 14.0. The van der Waals surface area contributed by atoms with Crippen LogP contribution in [0.15, 0.2) is 62.4 Å². The van der Waals surface area contributed by atoms with E-state index in [0.29, 0.717) is 40.4 Å². The van der Waals surface area contributed by atoms with E-state index in [9.17, 15) is 9.59 Å². The smallest absolute Gasteiger partial charge is 0.291 e. The van der Waals surface area contributed by atoms with E-state index in [-0.39, 0.29) is 23.6 Å². The molecule has 2 aromatic carbocycles. The predicted molar refractivity (Wildman–Crippen MR) is 145 cm³/mol. The van der Waals surface area contributed by atoms with E-state index < -0.39 is 6.04 Å². The van der Waals surface area contributed by atoms with E-state index in [1.165, 1.54) is 6.42 Å². The quantitative estimate of drug-likeness (QED) is 0.218. The molecule has 2 aromatic heterocycles. The SMILES string of the molecule is CCCCCCOc1ccc(C2c3c(oc4cc(C)cc(C)c4c3=O)C(=O)N2Cc2ccco2)cc1OC. The Hall–Kier alpha value is -4.00. The lowest BCUT2D eigenvalue weighted by Gasteiger charge is -2.25. The summed E-state index contributed by atoms with van der Waals surface area (Å²) in [6.45, 7) is 6.79. The summed E-state index contributed by atoms with van der Waals surface area (Å²) in [5.41, 5.74) is 3.06. The zero-order valence-corrected chi connectivity index (χ0v) is 22.3. The lowest BCUT2D eigenvalue weighted by Crippen LogP contribution is -2.29. The number of carbonyl (C=O) groups excluding carboxylic acids is 1. The molecule has 1 unspecified atom stereocenters. The van der Waals surface area contributed by atoms with Gasteiger partial charge in [0.15, 0.2) is 16.9 Å². The predicted octanol–water partition coefficient (Wildman–Crippen LogP) is 6.72. The Morgan fingerprint density at radius 3 is 2.58 bits per heavy atom. The molecule has 0 spiro atoms. The number of benzene rings is 2. The monoisotopic (exact) mass is 515 g/mol. The van der Waals surface area contributed by atoms with Crippen molar-refractivity contribution in [1.29, 1.82) is 0 Å². The summed E-state index contributed by atoms with van der Waals surface area (Å²) >= 11 is 0. The summed E-state index contributed by atoms with van der Waals surface area (Å²) in [5.74, 6) is 1.51. The van der Waals surface area contributed by atoms with Crippen molar-refractivity contribution < 1.29 is 23.1 Å². The first-order valence-electron chi connectivity index (χ1n) is 13.1. The molecule has 38 heavy (non-hydrogen) atoms. The summed E-state index contributed by atoms with van der Waals surface area (Å²) < 4.78 is 23.4. The van der Waals surface area contributed by atoms with Crippen LogP contribution in [-0.2, 0) is 6.54 Å². The van der Waals surface area contributed by atoms with Crippen molar-refractivity contribution in [3.05, 3.63) is 92.7 Å². The fraction of sp³-hybridized carbons (Fsp3) is 0.355. The Bertz CT molecular complexity index is 1520. The van der Waals surface area contributed by atoms with E-state index in [2.05, 4.69) is 6.92 Å². The molecule has 5 rings (SSSR count). The second-order valence-corrected chi connectivity index (χ2v) is 9.86. The fourth-order valence-corrected chi connectivity index (χ4v) is 5.28. The van der Waals surface area contributed by atoms with Crippen LogP contribution >= 0.6 is 0 Å². The number of ether oxygens (including phenoxy) is 2. The second kappa shape index (κ2) is 10.8. The number of hydrogen-bond acceptors (Lipinski definition) is 6. The Balaban J connectivity index is 1.60. The molecule has 0 saturated heterocycles. The standard InChI is InChI=1S/C31H33NO6/c1-5-6-7-8-13-37-23-12-11-21(17-24(23)35-4)28-27-29(33)26-20(3)15-19(2)16-25(26)38-30(27)31(34)32(28)18-22-10-9-14-36-22/h9-12,14-17,28H,5-8,13,18H2,1-4H3. The van der Waals surface area contributed by atoms with Crippen LogP contribution in [-0.4, -0.2) is 24.5 Å². The average Bonchev–Trinajstić information content (AvgIpc) is 3.51. The number of amides is 1. The van der Waals surface area contributed by atoms with Crippen LogP contribution in [0.4, 0.5) is 0 Å². The van der Waals surface area contributed by atoms with Gasteiger partial charge in [-0.15, -0.1) is 0 Å². The van der Waals surface area contributed by atoms with Crippen LogP contribution < -0.4 is 14.9 Å². The van der Waals surface area contributed by atoms with Gasteiger partial charge in [0.05, 0.1) is 43.5 Å². The minimum absolute atomic E-state index is 0.0688. The zero-order chi connectivity index (χ0) is 26.8. The minimum atomic E-state index is -0.670. The first-order chi connectivity index (χ1) is 18.4. The molecule has 7 nitrogen and oxygen atoms in total. The molecule has 4 aromatic rings. The van der Waals surface area contributed by atoms with Crippen LogP contribution in [0.2, 0.25) is 0 Å². The molecule has 198 valence electrons. The Labute approximate surface area is 222 Å². The summed E-state index contributed by atoms with van der Waals surface area (Å²) in [7, 11) is 1.59. The van der Waals surface area contributed by atoms with E-state index in [1.54, 1.807) is 30.4 Å². The Morgan fingerprint density at radius 2 is 1.84 bits per heavy atom. The van der Waals surface area contributed by atoms with Crippen LogP contribution in [0.25, 0.3) is 11.0 Å². The van der Waals surface area contributed by atoms with E-state index in [4.69, 9.17) is 18.3 Å². The molecular formula is C31H33NO6. The first-order valence-corrected chi connectivity index (χ1v) is 13.1. The number of nitrogens with zero attached hydrogens (tertiary/aromatic N) is 1. The van der Waals surface area contributed by atoms with Gasteiger partial charge in [-0.05, 0) is 67.3 Å². The molecule has 1 atom stereocenters. The fourth-order valence-electron chi connectivity index (χ4n) is 5.28. The molecule has 1 aliphatic heterocycles. The van der Waals surface area contributed by atoms with Crippen molar-refractivity contribution in [2.45, 2.75) is 59.0 Å². The molecule has 3 heterocycles. The first kappa shape index (κ1) is 25.6. The van der Waals surface area contributed by atoms with Crippen molar-refractivity contribution in [3.8, 4) is 11.5 Å². The van der Waals surface area contributed by atoms with Gasteiger partial charge in [0, 0.05) is 0 Å². The average molecular weight is 516 g/mol. The lowest BCUT2D eigenvalue weighted by atomic mass is 9.96. The lowest BCUT2D eigenvalue weighted by molar-refractivity contribution is 0.0701. The molecule has 0 fully saturated rings.